The number of halogens is 1. The van der Waals surface area contributed by atoms with Gasteiger partial charge in [0.05, 0.1) is 6.04 Å². The standard InChI is InChI=1S/C19H19N.ClH/c1-14(20)10-13-19-17-8-4-2-6-15(17)11-12-16-7-3-5-9-18(16)19;/h2-9,11-14H,10,20H2,1H3;1H. The van der Waals surface area contributed by atoms with Crippen molar-refractivity contribution in [1.29, 1.82) is 0 Å². The Morgan fingerprint density at radius 2 is 1.38 bits per heavy atom. The first-order chi connectivity index (χ1) is 9.75. The first-order valence-corrected chi connectivity index (χ1v) is 7.16. The summed E-state index contributed by atoms with van der Waals surface area (Å²) in [5, 5.41) is 0. The van der Waals surface area contributed by atoms with Gasteiger partial charge in [0.25, 0.3) is 0 Å². The van der Waals surface area contributed by atoms with Crippen molar-refractivity contribution in [3.05, 3.63) is 76.9 Å². The fourth-order valence-corrected chi connectivity index (χ4v) is 2.64. The van der Waals surface area contributed by atoms with Gasteiger partial charge in [-0.25, -0.2) is 0 Å². The maximum absolute atomic E-state index is 4.10. The fraction of sp³-hybridized carbons (Fsp3) is 0.158. The van der Waals surface area contributed by atoms with Gasteiger partial charge < -0.3 is 18.1 Å². The quantitative estimate of drug-likeness (QED) is 0.718. The van der Waals surface area contributed by atoms with E-state index in [9.17, 15) is 0 Å². The van der Waals surface area contributed by atoms with Gasteiger partial charge in [-0.1, -0.05) is 66.8 Å². The molecule has 3 N–H and O–H groups in total. The molecule has 1 aliphatic carbocycles. The van der Waals surface area contributed by atoms with Crippen molar-refractivity contribution in [1.82, 2.24) is 0 Å². The molecule has 0 radical (unpaired) electrons. The number of hydrogen-bond acceptors (Lipinski definition) is 0. The highest BCUT2D eigenvalue weighted by Gasteiger charge is 2.14. The predicted molar refractivity (Wildman–Crippen MR) is 85.9 cm³/mol. The zero-order valence-corrected chi connectivity index (χ0v) is 13.0. The average Bonchev–Trinajstić information content (AvgIpc) is 2.62. The molecule has 1 atom stereocenters. The van der Waals surface area contributed by atoms with Gasteiger partial charge >= 0.3 is 0 Å². The van der Waals surface area contributed by atoms with Gasteiger partial charge in [-0.15, -0.1) is 0 Å². The average molecular weight is 298 g/mol. The lowest BCUT2D eigenvalue weighted by atomic mass is 9.92. The molecule has 0 spiro atoms. The molecule has 0 saturated carbocycles. The van der Waals surface area contributed by atoms with Gasteiger partial charge in [-0.2, -0.15) is 0 Å². The first kappa shape index (κ1) is 15.6. The van der Waals surface area contributed by atoms with Crippen LogP contribution in [0.1, 0.15) is 35.6 Å². The van der Waals surface area contributed by atoms with E-state index in [1.807, 2.05) is 0 Å². The molecule has 0 heterocycles. The van der Waals surface area contributed by atoms with E-state index in [2.05, 4.69) is 79.4 Å². The van der Waals surface area contributed by atoms with E-state index >= 15 is 0 Å². The second kappa shape index (κ2) is 6.75. The molecule has 108 valence electrons. The molecular formula is C19H20ClN. The Kier molecular flexibility index (Phi) is 5.00. The summed E-state index contributed by atoms with van der Waals surface area (Å²) in [5.41, 5.74) is 10.6. The predicted octanol–water partition coefficient (Wildman–Crippen LogP) is 0.627. The summed E-state index contributed by atoms with van der Waals surface area (Å²) in [5.74, 6) is 0. The van der Waals surface area contributed by atoms with E-state index < -0.39 is 0 Å². The van der Waals surface area contributed by atoms with Crippen LogP contribution in [0.4, 0.5) is 0 Å². The second-order valence-electron chi connectivity index (χ2n) is 5.47. The highest BCUT2D eigenvalue weighted by molar-refractivity contribution is 5.93. The molecule has 0 aromatic heterocycles. The Bertz CT molecular complexity index is 632. The molecule has 2 heteroatoms. The molecule has 2 aromatic carbocycles. The molecule has 0 aliphatic heterocycles. The minimum Gasteiger partial charge on any atom is -1.00 e. The van der Waals surface area contributed by atoms with E-state index in [0.717, 1.165) is 6.42 Å². The van der Waals surface area contributed by atoms with Crippen molar-refractivity contribution in [3.63, 3.8) is 0 Å². The molecule has 0 bridgehead atoms. The van der Waals surface area contributed by atoms with Crippen molar-refractivity contribution >= 4 is 17.7 Å². The smallest absolute Gasteiger partial charge is 0.0850 e. The van der Waals surface area contributed by atoms with E-state index in [1.54, 1.807) is 0 Å². The van der Waals surface area contributed by atoms with Gasteiger partial charge in [0.2, 0.25) is 0 Å². The van der Waals surface area contributed by atoms with E-state index in [1.165, 1.54) is 27.8 Å². The topological polar surface area (TPSA) is 27.6 Å². The van der Waals surface area contributed by atoms with Crippen molar-refractivity contribution in [3.8, 4) is 0 Å². The Labute approximate surface area is 132 Å². The summed E-state index contributed by atoms with van der Waals surface area (Å²) in [6.07, 6.45) is 7.76. The van der Waals surface area contributed by atoms with Crippen LogP contribution < -0.4 is 18.1 Å². The van der Waals surface area contributed by atoms with Crippen LogP contribution in [0.25, 0.3) is 17.7 Å². The summed E-state index contributed by atoms with van der Waals surface area (Å²) in [4.78, 5) is 0. The monoisotopic (exact) mass is 297 g/mol. The molecule has 1 unspecified atom stereocenters. The van der Waals surface area contributed by atoms with E-state index in [0.29, 0.717) is 6.04 Å². The summed E-state index contributed by atoms with van der Waals surface area (Å²) in [6.45, 7) is 2.16. The van der Waals surface area contributed by atoms with Gasteiger partial charge in [0, 0.05) is 6.42 Å². The second-order valence-corrected chi connectivity index (χ2v) is 5.47. The van der Waals surface area contributed by atoms with E-state index in [-0.39, 0.29) is 12.4 Å². The summed E-state index contributed by atoms with van der Waals surface area (Å²) in [6, 6.07) is 17.6. The molecule has 0 fully saturated rings. The third kappa shape index (κ3) is 3.26. The minimum atomic E-state index is 0. The molecule has 21 heavy (non-hydrogen) atoms. The number of rotatable bonds is 2. The van der Waals surface area contributed by atoms with Crippen LogP contribution in [-0.2, 0) is 0 Å². The lowest BCUT2D eigenvalue weighted by molar-refractivity contribution is -0.412. The van der Waals surface area contributed by atoms with Crippen molar-refractivity contribution in [2.45, 2.75) is 19.4 Å². The Morgan fingerprint density at radius 3 is 1.86 bits per heavy atom. The van der Waals surface area contributed by atoms with Gasteiger partial charge in [0.15, 0.2) is 0 Å². The Morgan fingerprint density at radius 1 is 0.905 bits per heavy atom. The highest BCUT2D eigenvalue weighted by atomic mass is 35.5. The van der Waals surface area contributed by atoms with Gasteiger partial charge in [-0.3, -0.25) is 0 Å². The molecule has 0 amide bonds. The number of fused-ring (bicyclic) bond motifs is 2. The zero-order chi connectivity index (χ0) is 13.9. The lowest BCUT2D eigenvalue weighted by Crippen LogP contribution is -3.00. The normalized spacial score (nSPS) is 13.5. The fourth-order valence-electron chi connectivity index (χ4n) is 2.64. The van der Waals surface area contributed by atoms with Crippen LogP contribution in [0.3, 0.4) is 0 Å². The van der Waals surface area contributed by atoms with Crippen LogP contribution in [-0.4, -0.2) is 6.04 Å². The summed E-state index contributed by atoms with van der Waals surface area (Å²) < 4.78 is 0. The molecule has 0 saturated heterocycles. The molecule has 3 rings (SSSR count). The van der Waals surface area contributed by atoms with Gasteiger partial charge in [-0.05, 0) is 34.8 Å². The van der Waals surface area contributed by atoms with Crippen molar-refractivity contribution in [2.75, 3.05) is 0 Å². The lowest BCUT2D eigenvalue weighted by Gasteiger charge is -2.12. The molecule has 2 aromatic rings. The maximum atomic E-state index is 4.10. The van der Waals surface area contributed by atoms with Crippen LogP contribution in [0.15, 0.2) is 54.6 Å². The summed E-state index contributed by atoms with van der Waals surface area (Å²) >= 11 is 0. The molecule has 1 aliphatic rings. The number of benzene rings is 2. The van der Waals surface area contributed by atoms with Crippen LogP contribution >= 0.6 is 0 Å². The molecule has 1 nitrogen and oxygen atoms in total. The van der Waals surface area contributed by atoms with Crippen LogP contribution in [0.2, 0.25) is 0 Å². The summed E-state index contributed by atoms with van der Waals surface area (Å²) in [7, 11) is 0. The highest BCUT2D eigenvalue weighted by Crippen LogP contribution is 2.33. The maximum Gasteiger partial charge on any atom is 0.0850 e. The third-order valence-corrected chi connectivity index (χ3v) is 3.67. The number of hydrogen-bond donors (Lipinski definition) is 1. The molecular weight excluding hydrogens is 278 g/mol. The minimum absolute atomic E-state index is 0. The van der Waals surface area contributed by atoms with Crippen molar-refractivity contribution in [2.24, 2.45) is 0 Å². The Balaban J connectivity index is 0.00000161. The van der Waals surface area contributed by atoms with Crippen LogP contribution in [0, 0.1) is 0 Å². The van der Waals surface area contributed by atoms with Crippen LogP contribution in [0.5, 0.6) is 0 Å². The Hall–Kier alpha value is -1.83. The number of quaternary nitrogens is 1. The largest absolute Gasteiger partial charge is 1.00 e. The SMILES string of the molecule is CC([NH3+])CC=C1c2ccccc2C=Cc2ccccc21.[Cl-]. The zero-order valence-electron chi connectivity index (χ0n) is 12.2. The van der Waals surface area contributed by atoms with E-state index in [4.69, 9.17) is 0 Å². The van der Waals surface area contributed by atoms with Gasteiger partial charge in [0.1, 0.15) is 0 Å². The van der Waals surface area contributed by atoms with Crippen molar-refractivity contribution < 1.29 is 18.1 Å². The first-order valence-electron chi connectivity index (χ1n) is 7.16. The third-order valence-electron chi connectivity index (χ3n) is 3.67.